The summed E-state index contributed by atoms with van der Waals surface area (Å²) in [6.45, 7) is 4.91. The molecule has 2 amide bonds. The molecule has 166 valence electrons. The minimum atomic E-state index is -0.468. The molecular formula is C26H29N3O2S. The second kappa shape index (κ2) is 10.1. The van der Waals surface area contributed by atoms with Crippen LogP contribution in [0.2, 0.25) is 0 Å². The van der Waals surface area contributed by atoms with E-state index in [9.17, 15) is 9.59 Å². The number of hydrogen-bond donors (Lipinski definition) is 2. The largest absolute Gasteiger partial charge is 0.365 e. The van der Waals surface area contributed by atoms with E-state index in [1.165, 1.54) is 11.3 Å². The first-order valence-electron chi connectivity index (χ1n) is 11.1. The van der Waals surface area contributed by atoms with E-state index >= 15 is 0 Å². The van der Waals surface area contributed by atoms with Gasteiger partial charge in [-0.1, -0.05) is 67.6 Å². The fourth-order valence-corrected chi connectivity index (χ4v) is 5.79. The standard InChI is InChI=1S/C26H29N3O2S/c1-2-14-29-15-13-20-22(17-29)32-26(24(20)25(27)31)28-23(30)16-21(18-9-5-3-6-10-18)19-11-7-4-8-12-19/h3-12,21H,2,13-17H2,1H3,(H2,27,31)(H,28,30). The lowest BCUT2D eigenvalue weighted by molar-refractivity contribution is -0.116. The second-order valence-electron chi connectivity index (χ2n) is 8.22. The van der Waals surface area contributed by atoms with Gasteiger partial charge in [0.05, 0.1) is 5.56 Å². The quantitative estimate of drug-likeness (QED) is 0.522. The predicted molar refractivity (Wildman–Crippen MR) is 130 cm³/mol. The van der Waals surface area contributed by atoms with Crippen LogP contribution in [0.25, 0.3) is 0 Å². The highest BCUT2D eigenvalue weighted by atomic mass is 32.1. The average molecular weight is 448 g/mol. The third kappa shape index (κ3) is 4.92. The van der Waals surface area contributed by atoms with Crippen molar-refractivity contribution in [1.82, 2.24) is 4.90 Å². The van der Waals surface area contributed by atoms with Crippen LogP contribution >= 0.6 is 11.3 Å². The van der Waals surface area contributed by atoms with Crippen LogP contribution in [-0.4, -0.2) is 29.8 Å². The zero-order valence-electron chi connectivity index (χ0n) is 18.3. The Morgan fingerprint density at radius 2 is 1.69 bits per heavy atom. The van der Waals surface area contributed by atoms with Crippen LogP contribution in [-0.2, 0) is 17.8 Å². The van der Waals surface area contributed by atoms with Crippen LogP contribution < -0.4 is 11.1 Å². The molecule has 0 fully saturated rings. The fraction of sp³-hybridized carbons (Fsp3) is 0.308. The van der Waals surface area contributed by atoms with Crippen LogP contribution in [0.15, 0.2) is 60.7 Å². The van der Waals surface area contributed by atoms with Gasteiger partial charge in [0.1, 0.15) is 5.00 Å². The van der Waals surface area contributed by atoms with Gasteiger partial charge in [0.25, 0.3) is 5.91 Å². The molecule has 2 heterocycles. The molecule has 1 aliphatic rings. The fourth-order valence-electron chi connectivity index (χ4n) is 4.47. The number of nitrogens with zero attached hydrogens (tertiary/aromatic N) is 1. The van der Waals surface area contributed by atoms with Crippen LogP contribution in [0.4, 0.5) is 5.00 Å². The Kier molecular flexibility index (Phi) is 7.02. The highest BCUT2D eigenvalue weighted by Gasteiger charge is 2.28. The molecule has 0 bridgehead atoms. The summed E-state index contributed by atoms with van der Waals surface area (Å²) in [6, 6.07) is 20.1. The van der Waals surface area contributed by atoms with Crippen molar-refractivity contribution in [3.05, 3.63) is 87.8 Å². The van der Waals surface area contributed by atoms with E-state index in [1.54, 1.807) is 0 Å². The zero-order valence-corrected chi connectivity index (χ0v) is 19.2. The maximum atomic E-state index is 13.2. The molecule has 0 aliphatic carbocycles. The summed E-state index contributed by atoms with van der Waals surface area (Å²) in [5, 5.41) is 3.61. The zero-order chi connectivity index (χ0) is 22.5. The number of carbonyl (C=O) groups excluding carboxylic acids is 2. The Morgan fingerprint density at radius 1 is 1.06 bits per heavy atom. The van der Waals surface area contributed by atoms with Crippen molar-refractivity contribution >= 4 is 28.2 Å². The Bertz CT molecular complexity index is 1040. The number of primary amides is 1. The van der Waals surface area contributed by atoms with Crippen LogP contribution in [0, 0.1) is 0 Å². The Labute approximate surface area is 193 Å². The van der Waals surface area contributed by atoms with Crippen molar-refractivity contribution in [2.24, 2.45) is 5.73 Å². The van der Waals surface area contributed by atoms with Gasteiger partial charge in [-0.3, -0.25) is 14.5 Å². The Hall–Kier alpha value is -2.96. The summed E-state index contributed by atoms with van der Waals surface area (Å²) in [5.41, 5.74) is 9.41. The molecule has 0 spiro atoms. The summed E-state index contributed by atoms with van der Waals surface area (Å²) >= 11 is 1.49. The molecule has 0 unspecified atom stereocenters. The molecule has 1 aromatic heterocycles. The second-order valence-corrected chi connectivity index (χ2v) is 9.33. The lowest BCUT2D eigenvalue weighted by Gasteiger charge is -2.26. The molecule has 2 aromatic carbocycles. The van der Waals surface area contributed by atoms with Crippen molar-refractivity contribution in [3.8, 4) is 0 Å². The minimum Gasteiger partial charge on any atom is -0.365 e. The molecular weight excluding hydrogens is 418 g/mol. The molecule has 3 aromatic rings. The van der Waals surface area contributed by atoms with Gasteiger partial charge >= 0.3 is 0 Å². The molecule has 1 aliphatic heterocycles. The van der Waals surface area contributed by atoms with Gasteiger partial charge in [0.2, 0.25) is 5.91 Å². The van der Waals surface area contributed by atoms with Crippen molar-refractivity contribution in [2.45, 2.75) is 38.6 Å². The van der Waals surface area contributed by atoms with E-state index in [1.807, 2.05) is 60.7 Å². The lowest BCUT2D eigenvalue weighted by Crippen LogP contribution is -2.31. The number of anilines is 1. The number of nitrogens with two attached hydrogens (primary N) is 1. The SMILES string of the molecule is CCCN1CCc2c(sc(NC(=O)CC(c3ccccc3)c3ccccc3)c2C(N)=O)C1. The van der Waals surface area contributed by atoms with Gasteiger partial charge < -0.3 is 11.1 Å². The van der Waals surface area contributed by atoms with Crippen molar-refractivity contribution < 1.29 is 9.59 Å². The Balaban J connectivity index is 1.57. The number of amides is 2. The summed E-state index contributed by atoms with van der Waals surface area (Å²) in [6.07, 6.45) is 2.17. The van der Waals surface area contributed by atoms with E-state index < -0.39 is 5.91 Å². The topological polar surface area (TPSA) is 75.4 Å². The monoisotopic (exact) mass is 447 g/mol. The molecule has 6 heteroatoms. The van der Waals surface area contributed by atoms with Crippen LogP contribution in [0.5, 0.6) is 0 Å². The summed E-state index contributed by atoms with van der Waals surface area (Å²) in [7, 11) is 0. The third-order valence-electron chi connectivity index (χ3n) is 5.97. The predicted octanol–water partition coefficient (Wildman–Crippen LogP) is 4.78. The summed E-state index contributed by atoms with van der Waals surface area (Å²) < 4.78 is 0. The van der Waals surface area contributed by atoms with Crippen molar-refractivity contribution in [3.63, 3.8) is 0 Å². The number of thiophene rings is 1. The lowest BCUT2D eigenvalue weighted by atomic mass is 9.88. The number of nitrogens with one attached hydrogen (secondary N) is 1. The van der Waals surface area contributed by atoms with E-state index in [2.05, 4.69) is 17.1 Å². The van der Waals surface area contributed by atoms with Crippen molar-refractivity contribution in [2.75, 3.05) is 18.4 Å². The van der Waals surface area contributed by atoms with Gasteiger partial charge in [0, 0.05) is 30.3 Å². The molecule has 0 saturated heterocycles. The summed E-state index contributed by atoms with van der Waals surface area (Å²) in [5.74, 6) is -0.650. The summed E-state index contributed by atoms with van der Waals surface area (Å²) in [4.78, 5) is 29.0. The van der Waals surface area contributed by atoms with E-state index in [0.29, 0.717) is 10.6 Å². The third-order valence-corrected chi connectivity index (χ3v) is 7.10. The first-order valence-corrected chi connectivity index (χ1v) is 11.9. The number of fused-ring (bicyclic) bond motifs is 1. The number of benzene rings is 2. The van der Waals surface area contributed by atoms with E-state index in [-0.39, 0.29) is 18.2 Å². The maximum absolute atomic E-state index is 13.2. The van der Waals surface area contributed by atoms with Crippen LogP contribution in [0.1, 0.15) is 57.6 Å². The maximum Gasteiger partial charge on any atom is 0.251 e. The Morgan fingerprint density at radius 3 is 2.25 bits per heavy atom. The van der Waals surface area contributed by atoms with Gasteiger partial charge in [-0.05, 0) is 36.1 Å². The van der Waals surface area contributed by atoms with Crippen LogP contribution in [0.3, 0.4) is 0 Å². The van der Waals surface area contributed by atoms with Crippen molar-refractivity contribution in [1.29, 1.82) is 0 Å². The molecule has 5 nitrogen and oxygen atoms in total. The molecule has 0 saturated carbocycles. The molecule has 0 radical (unpaired) electrons. The smallest absolute Gasteiger partial charge is 0.251 e. The number of carbonyl (C=O) groups is 2. The molecule has 0 atom stereocenters. The highest BCUT2D eigenvalue weighted by Crippen LogP contribution is 2.37. The van der Waals surface area contributed by atoms with Gasteiger partial charge in [-0.25, -0.2) is 0 Å². The average Bonchev–Trinajstić information content (AvgIpc) is 3.16. The first-order chi connectivity index (χ1) is 15.6. The minimum absolute atomic E-state index is 0.0657. The number of rotatable bonds is 8. The first kappa shape index (κ1) is 22.2. The normalized spacial score (nSPS) is 13.7. The highest BCUT2D eigenvalue weighted by molar-refractivity contribution is 7.17. The molecule has 32 heavy (non-hydrogen) atoms. The van der Waals surface area contributed by atoms with Gasteiger partial charge in [0.15, 0.2) is 0 Å². The van der Waals surface area contributed by atoms with Gasteiger partial charge in [-0.15, -0.1) is 11.3 Å². The number of hydrogen-bond acceptors (Lipinski definition) is 4. The molecule has 4 rings (SSSR count). The molecule has 3 N–H and O–H groups in total. The van der Waals surface area contributed by atoms with Gasteiger partial charge in [-0.2, -0.15) is 0 Å². The van der Waals surface area contributed by atoms with E-state index in [0.717, 1.165) is 54.0 Å². The van der Waals surface area contributed by atoms with E-state index in [4.69, 9.17) is 5.73 Å².